The molecule has 2 aromatic rings. The van der Waals surface area contributed by atoms with Gasteiger partial charge in [0, 0.05) is 18.0 Å². The Morgan fingerprint density at radius 1 is 1.06 bits per heavy atom. The lowest BCUT2D eigenvalue weighted by Gasteiger charge is -2.09. The Hall–Kier alpha value is -1.68. The molecule has 0 aliphatic heterocycles. The van der Waals surface area contributed by atoms with Crippen LogP contribution in [0.4, 0.5) is 0 Å². The van der Waals surface area contributed by atoms with E-state index in [1.54, 1.807) is 24.4 Å². The van der Waals surface area contributed by atoms with Gasteiger partial charge in [0.1, 0.15) is 0 Å². The van der Waals surface area contributed by atoms with Crippen molar-refractivity contribution >= 4 is 9.84 Å². The van der Waals surface area contributed by atoms with Gasteiger partial charge in [0.15, 0.2) is 9.84 Å². The molecule has 1 aromatic carbocycles. The second-order valence-corrected chi connectivity index (χ2v) is 5.92. The minimum atomic E-state index is -3.24. The predicted octanol–water partition coefficient (Wildman–Crippen LogP) is 2.46. The number of sulfone groups is 1. The molecule has 1 aromatic heterocycles. The van der Waals surface area contributed by atoms with E-state index < -0.39 is 9.84 Å². The highest BCUT2D eigenvalue weighted by Crippen LogP contribution is 2.27. The number of nitrogens with zero attached hydrogens (tertiary/aromatic N) is 1. The second kappa shape index (κ2) is 4.30. The molecule has 3 nitrogen and oxygen atoms in total. The van der Waals surface area contributed by atoms with Crippen molar-refractivity contribution in [2.75, 3.05) is 6.26 Å². The molecule has 0 amide bonds. The summed E-state index contributed by atoms with van der Waals surface area (Å²) in [5, 5.41) is 0. The first-order chi connectivity index (χ1) is 8.00. The van der Waals surface area contributed by atoms with Gasteiger partial charge < -0.3 is 0 Å². The fourth-order valence-electron chi connectivity index (χ4n) is 1.75. The number of hydrogen-bond acceptors (Lipinski definition) is 3. The maximum atomic E-state index is 11.7. The van der Waals surface area contributed by atoms with Gasteiger partial charge in [-0.3, -0.25) is 4.98 Å². The molecule has 0 radical (unpaired) electrons. The van der Waals surface area contributed by atoms with Crippen LogP contribution in [0.15, 0.2) is 47.5 Å². The fourth-order valence-corrected chi connectivity index (χ4v) is 2.64. The van der Waals surface area contributed by atoms with Gasteiger partial charge in [-0.25, -0.2) is 8.42 Å². The van der Waals surface area contributed by atoms with Gasteiger partial charge >= 0.3 is 0 Å². The lowest BCUT2D eigenvalue weighted by molar-refractivity contribution is 0.602. The minimum absolute atomic E-state index is 0.321. The van der Waals surface area contributed by atoms with Crippen LogP contribution in [0, 0.1) is 6.92 Å². The van der Waals surface area contributed by atoms with Gasteiger partial charge in [0.05, 0.1) is 10.6 Å². The Morgan fingerprint density at radius 3 is 2.41 bits per heavy atom. The standard InChI is InChI=1S/C13H13NO2S/c1-10-6-5-9-14-13(10)11-7-3-4-8-12(11)17(2,15)16/h3-9H,1-2H3. The van der Waals surface area contributed by atoms with Crippen molar-refractivity contribution in [3.8, 4) is 11.3 Å². The molecule has 2 rings (SSSR count). The number of benzene rings is 1. The van der Waals surface area contributed by atoms with Crippen LogP contribution >= 0.6 is 0 Å². The number of hydrogen-bond donors (Lipinski definition) is 0. The fraction of sp³-hybridized carbons (Fsp3) is 0.154. The highest BCUT2D eigenvalue weighted by atomic mass is 32.2. The van der Waals surface area contributed by atoms with Crippen molar-refractivity contribution in [2.24, 2.45) is 0 Å². The van der Waals surface area contributed by atoms with E-state index in [4.69, 9.17) is 0 Å². The first-order valence-electron chi connectivity index (χ1n) is 5.21. The molecule has 0 bridgehead atoms. The van der Waals surface area contributed by atoms with Gasteiger partial charge in [-0.15, -0.1) is 0 Å². The molecule has 17 heavy (non-hydrogen) atoms. The summed E-state index contributed by atoms with van der Waals surface area (Å²) in [4.78, 5) is 4.58. The highest BCUT2D eigenvalue weighted by molar-refractivity contribution is 7.90. The molecule has 88 valence electrons. The van der Waals surface area contributed by atoms with Crippen molar-refractivity contribution in [3.63, 3.8) is 0 Å². The van der Waals surface area contributed by atoms with Crippen LogP contribution < -0.4 is 0 Å². The maximum absolute atomic E-state index is 11.7. The van der Waals surface area contributed by atoms with Gasteiger partial charge in [-0.1, -0.05) is 24.3 Å². The van der Waals surface area contributed by atoms with Crippen molar-refractivity contribution in [2.45, 2.75) is 11.8 Å². The molecular formula is C13H13NO2S. The average Bonchev–Trinajstić information content (AvgIpc) is 2.28. The SMILES string of the molecule is Cc1cccnc1-c1ccccc1S(C)(=O)=O. The molecule has 0 saturated carbocycles. The summed E-state index contributed by atoms with van der Waals surface area (Å²) in [5.41, 5.74) is 2.34. The van der Waals surface area contributed by atoms with E-state index in [0.29, 0.717) is 16.2 Å². The summed E-state index contributed by atoms with van der Waals surface area (Å²) < 4.78 is 23.4. The lowest BCUT2D eigenvalue weighted by Crippen LogP contribution is -2.01. The van der Waals surface area contributed by atoms with Crippen LogP contribution in [-0.4, -0.2) is 19.7 Å². The number of aromatic nitrogens is 1. The normalized spacial score (nSPS) is 11.4. The second-order valence-electron chi connectivity index (χ2n) is 3.94. The summed E-state index contributed by atoms with van der Waals surface area (Å²) in [6.45, 7) is 1.92. The molecule has 0 fully saturated rings. The topological polar surface area (TPSA) is 47.0 Å². The van der Waals surface area contributed by atoms with Crippen LogP contribution in [0.2, 0.25) is 0 Å². The molecule has 1 heterocycles. The largest absolute Gasteiger partial charge is 0.256 e. The third-order valence-corrected chi connectivity index (χ3v) is 3.71. The summed E-state index contributed by atoms with van der Waals surface area (Å²) in [7, 11) is -3.24. The zero-order valence-electron chi connectivity index (χ0n) is 9.71. The average molecular weight is 247 g/mol. The van der Waals surface area contributed by atoms with Crippen molar-refractivity contribution < 1.29 is 8.42 Å². The Bertz CT molecular complexity index is 648. The predicted molar refractivity (Wildman–Crippen MR) is 67.5 cm³/mol. The maximum Gasteiger partial charge on any atom is 0.176 e. The zero-order chi connectivity index (χ0) is 12.5. The van der Waals surface area contributed by atoms with E-state index in [2.05, 4.69) is 4.98 Å². The van der Waals surface area contributed by atoms with E-state index in [9.17, 15) is 8.42 Å². The lowest BCUT2D eigenvalue weighted by atomic mass is 10.1. The van der Waals surface area contributed by atoms with Gasteiger partial charge in [-0.05, 0) is 24.6 Å². The van der Waals surface area contributed by atoms with Gasteiger partial charge in [0.25, 0.3) is 0 Å². The van der Waals surface area contributed by atoms with Gasteiger partial charge in [0.2, 0.25) is 0 Å². The van der Waals surface area contributed by atoms with E-state index in [0.717, 1.165) is 5.56 Å². The number of pyridine rings is 1. The Kier molecular flexibility index (Phi) is 2.98. The molecular weight excluding hydrogens is 234 g/mol. The smallest absolute Gasteiger partial charge is 0.176 e. The van der Waals surface area contributed by atoms with Gasteiger partial charge in [-0.2, -0.15) is 0 Å². The Morgan fingerprint density at radius 2 is 1.76 bits per heavy atom. The Balaban J connectivity index is 2.74. The highest BCUT2D eigenvalue weighted by Gasteiger charge is 2.15. The first kappa shape index (κ1) is 11.8. The van der Waals surface area contributed by atoms with Crippen LogP contribution in [0.3, 0.4) is 0 Å². The zero-order valence-corrected chi connectivity index (χ0v) is 10.5. The van der Waals surface area contributed by atoms with E-state index >= 15 is 0 Å². The molecule has 0 unspecified atom stereocenters. The third-order valence-electron chi connectivity index (χ3n) is 2.55. The van der Waals surface area contributed by atoms with Crippen LogP contribution in [-0.2, 0) is 9.84 Å². The summed E-state index contributed by atoms with van der Waals surface area (Å²) in [6, 6.07) is 10.7. The van der Waals surface area contributed by atoms with Crippen LogP contribution in [0.25, 0.3) is 11.3 Å². The number of aryl methyl sites for hydroxylation is 1. The molecule has 0 saturated heterocycles. The first-order valence-corrected chi connectivity index (χ1v) is 7.10. The monoisotopic (exact) mass is 247 g/mol. The molecule has 4 heteroatoms. The molecule has 0 atom stereocenters. The summed E-state index contributed by atoms with van der Waals surface area (Å²) in [6.07, 6.45) is 2.88. The quantitative estimate of drug-likeness (QED) is 0.819. The van der Waals surface area contributed by atoms with Crippen LogP contribution in [0.5, 0.6) is 0 Å². The van der Waals surface area contributed by atoms with E-state index in [1.165, 1.54) is 6.26 Å². The summed E-state index contributed by atoms with van der Waals surface area (Å²) >= 11 is 0. The van der Waals surface area contributed by atoms with Crippen molar-refractivity contribution in [3.05, 3.63) is 48.2 Å². The van der Waals surface area contributed by atoms with Crippen LogP contribution in [0.1, 0.15) is 5.56 Å². The Labute approximate surface area is 101 Å². The van der Waals surface area contributed by atoms with E-state index in [1.807, 2.05) is 25.1 Å². The molecule has 0 aliphatic carbocycles. The number of rotatable bonds is 2. The van der Waals surface area contributed by atoms with E-state index in [-0.39, 0.29) is 0 Å². The van der Waals surface area contributed by atoms with Crippen molar-refractivity contribution in [1.29, 1.82) is 0 Å². The van der Waals surface area contributed by atoms with Crippen molar-refractivity contribution in [1.82, 2.24) is 4.98 Å². The molecule has 0 spiro atoms. The minimum Gasteiger partial charge on any atom is -0.256 e. The molecule has 0 aliphatic rings. The molecule has 0 N–H and O–H groups in total. The third kappa shape index (κ3) is 2.36. The summed E-state index contributed by atoms with van der Waals surface area (Å²) in [5.74, 6) is 0.